The van der Waals surface area contributed by atoms with Gasteiger partial charge in [0.1, 0.15) is 11.9 Å². The second-order valence-corrected chi connectivity index (χ2v) is 4.48. The van der Waals surface area contributed by atoms with Crippen LogP contribution in [0.4, 0.5) is 5.82 Å². The summed E-state index contributed by atoms with van der Waals surface area (Å²) in [5.74, 6) is -0.811. The molecule has 0 saturated carbocycles. The number of amides is 1. The summed E-state index contributed by atoms with van der Waals surface area (Å²) in [6.07, 6.45) is 0. The standard InChI is InChI=1S/C12H18N4O3/c1-6(2)9(10(13)17)15-8-5-7(3)14-11(16-8)12(18)19-4/h5-6,9H,1-4H3,(H2,13,17)(H,14,15,16). The Morgan fingerprint density at radius 1 is 1.37 bits per heavy atom. The number of methoxy groups -OCH3 is 1. The number of esters is 1. The first-order valence-electron chi connectivity index (χ1n) is 5.85. The highest BCUT2D eigenvalue weighted by atomic mass is 16.5. The lowest BCUT2D eigenvalue weighted by Gasteiger charge is -2.19. The fourth-order valence-corrected chi connectivity index (χ4v) is 1.55. The molecule has 7 nitrogen and oxygen atoms in total. The lowest BCUT2D eigenvalue weighted by molar-refractivity contribution is -0.119. The average molecular weight is 266 g/mol. The molecule has 1 atom stereocenters. The molecule has 0 aromatic carbocycles. The summed E-state index contributed by atoms with van der Waals surface area (Å²) in [6.45, 7) is 5.43. The second-order valence-electron chi connectivity index (χ2n) is 4.48. The van der Waals surface area contributed by atoms with Gasteiger partial charge in [-0.05, 0) is 12.8 Å². The number of ether oxygens (including phenoxy) is 1. The van der Waals surface area contributed by atoms with Gasteiger partial charge in [0.05, 0.1) is 7.11 Å². The van der Waals surface area contributed by atoms with E-state index in [1.54, 1.807) is 13.0 Å². The van der Waals surface area contributed by atoms with Crippen molar-refractivity contribution in [1.29, 1.82) is 0 Å². The number of carbonyl (C=O) groups excluding carboxylic acids is 2. The maximum atomic E-state index is 11.4. The number of carbonyl (C=O) groups is 2. The summed E-state index contributed by atoms with van der Waals surface area (Å²) in [7, 11) is 1.25. The number of aryl methyl sites for hydroxylation is 1. The van der Waals surface area contributed by atoms with E-state index in [9.17, 15) is 9.59 Å². The highest BCUT2D eigenvalue weighted by Gasteiger charge is 2.21. The first-order chi connectivity index (χ1) is 8.85. The zero-order chi connectivity index (χ0) is 14.6. The normalized spacial score (nSPS) is 12.1. The molecular formula is C12H18N4O3. The van der Waals surface area contributed by atoms with Gasteiger partial charge in [-0.25, -0.2) is 14.8 Å². The van der Waals surface area contributed by atoms with Crippen LogP contribution in [0.15, 0.2) is 6.07 Å². The molecule has 3 N–H and O–H groups in total. The van der Waals surface area contributed by atoms with Crippen molar-refractivity contribution in [2.75, 3.05) is 12.4 Å². The van der Waals surface area contributed by atoms with Crippen molar-refractivity contribution in [1.82, 2.24) is 9.97 Å². The number of rotatable bonds is 5. The van der Waals surface area contributed by atoms with E-state index in [1.807, 2.05) is 13.8 Å². The van der Waals surface area contributed by atoms with Gasteiger partial charge < -0.3 is 15.8 Å². The number of nitrogens with zero attached hydrogens (tertiary/aromatic N) is 2. The topological polar surface area (TPSA) is 107 Å². The SMILES string of the molecule is COC(=O)c1nc(C)cc(NC(C(N)=O)C(C)C)n1. The summed E-state index contributed by atoms with van der Waals surface area (Å²) in [5.41, 5.74) is 5.90. The molecule has 0 radical (unpaired) electrons. The van der Waals surface area contributed by atoms with E-state index >= 15 is 0 Å². The van der Waals surface area contributed by atoms with E-state index in [-0.39, 0.29) is 11.7 Å². The predicted octanol–water partition coefficient (Wildman–Crippen LogP) is 0.493. The van der Waals surface area contributed by atoms with Crippen LogP contribution in [0.5, 0.6) is 0 Å². The molecule has 1 unspecified atom stereocenters. The molecule has 7 heteroatoms. The molecule has 0 bridgehead atoms. The minimum absolute atomic E-state index is 0.00523. The van der Waals surface area contributed by atoms with Gasteiger partial charge in [-0.2, -0.15) is 0 Å². The number of anilines is 1. The first-order valence-corrected chi connectivity index (χ1v) is 5.85. The summed E-state index contributed by atoms with van der Waals surface area (Å²) in [5, 5.41) is 2.90. The second kappa shape index (κ2) is 6.12. The Bertz CT molecular complexity index is 488. The Morgan fingerprint density at radius 2 is 2.00 bits per heavy atom. The van der Waals surface area contributed by atoms with Crippen molar-refractivity contribution in [3.63, 3.8) is 0 Å². The van der Waals surface area contributed by atoms with Crippen LogP contribution in [0, 0.1) is 12.8 Å². The molecule has 0 saturated heterocycles. The summed E-state index contributed by atoms with van der Waals surface area (Å²) in [6, 6.07) is 1.06. The third kappa shape index (κ3) is 3.90. The lowest BCUT2D eigenvalue weighted by atomic mass is 10.0. The van der Waals surface area contributed by atoms with E-state index in [4.69, 9.17) is 5.73 Å². The number of nitrogens with one attached hydrogen (secondary N) is 1. The number of nitrogens with two attached hydrogens (primary N) is 1. The van der Waals surface area contributed by atoms with E-state index in [2.05, 4.69) is 20.0 Å². The monoisotopic (exact) mass is 266 g/mol. The highest BCUT2D eigenvalue weighted by Crippen LogP contribution is 2.12. The Morgan fingerprint density at radius 3 is 2.47 bits per heavy atom. The number of hydrogen-bond acceptors (Lipinski definition) is 6. The van der Waals surface area contributed by atoms with Crippen LogP contribution < -0.4 is 11.1 Å². The van der Waals surface area contributed by atoms with Crippen molar-refractivity contribution in [2.45, 2.75) is 26.8 Å². The molecule has 1 rings (SSSR count). The first kappa shape index (κ1) is 14.9. The Labute approximate surface area is 111 Å². The predicted molar refractivity (Wildman–Crippen MR) is 69.6 cm³/mol. The number of hydrogen-bond donors (Lipinski definition) is 2. The molecule has 104 valence electrons. The van der Waals surface area contributed by atoms with Gasteiger partial charge in [0.2, 0.25) is 11.7 Å². The maximum absolute atomic E-state index is 11.4. The molecule has 1 heterocycles. The minimum atomic E-state index is -0.632. The van der Waals surface area contributed by atoms with Crippen molar-refractivity contribution in [2.24, 2.45) is 11.7 Å². The van der Waals surface area contributed by atoms with Gasteiger partial charge in [0, 0.05) is 11.8 Å². The molecule has 0 aliphatic heterocycles. The van der Waals surface area contributed by atoms with Crippen LogP contribution in [-0.4, -0.2) is 35.0 Å². The van der Waals surface area contributed by atoms with E-state index in [0.717, 1.165) is 0 Å². The van der Waals surface area contributed by atoms with E-state index < -0.39 is 17.9 Å². The van der Waals surface area contributed by atoms with Gasteiger partial charge in [0.25, 0.3) is 0 Å². The van der Waals surface area contributed by atoms with Gasteiger partial charge in [0.15, 0.2) is 0 Å². The van der Waals surface area contributed by atoms with Crippen LogP contribution in [0.2, 0.25) is 0 Å². The molecule has 1 amide bonds. The molecule has 0 aliphatic rings. The third-order valence-electron chi connectivity index (χ3n) is 2.50. The minimum Gasteiger partial charge on any atom is -0.463 e. The van der Waals surface area contributed by atoms with Crippen LogP contribution in [0.1, 0.15) is 30.2 Å². The molecular weight excluding hydrogens is 248 g/mol. The molecule has 0 spiro atoms. The summed E-state index contributed by atoms with van der Waals surface area (Å²) >= 11 is 0. The Hall–Kier alpha value is -2.18. The van der Waals surface area contributed by atoms with Crippen molar-refractivity contribution in [3.05, 3.63) is 17.6 Å². The number of primary amides is 1. The molecule has 0 aliphatic carbocycles. The Kier molecular flexibility index (Phi) is 4.80. The maximum Gasteiger partial charge on any atom is 0.376 e. The van der Waals surface area contributed by atoms with E-state index in [0.29, 0.717) is 11.5 Å². The highest BCUT2D eigenvalue weighted by molar-refractivity contribution is 5.86. The lowest BCUT2D eigenvalue weighted by Crippen LogP contribution is -2.39. The van der Waals surface area contributed by atoms with Crippen LogP contribution in [0.25, 0.3) is 0 Å². The molecule has 0 fully saturated rings. The van der Waals surface area contributed by atoms with Crippen molar-refractivity contribution < 1.29 is 14.3 Å². The molecule has 1 aromatic rings. The average Bonchev–Trinajstić information content (AvgIpc) is 2.33. The van der Waals surface area contributed by atoms with E-state index in [1.165, 1.54) is 7.11 Å². The summed E-state index contributed by atoms with van der Waals surface area (Å²) in [4.78, 5) is 30.7. The quantitative estimate of drug-likeness (QED) is 0.751. The fourth-order valence-electron chi connectivity index (χ4n) is 1.55. The molecule has 1 aromatic heterocycles. The number of aromatic nitrogens is 2. The van der Waals surface area contributed by atoms with Crippen LogP contribution in [0.3, 0.4) is 0 Å². The van der Waals surface area contributed by atoms with Crippen LogP contribution >= 0.6 is 0 Å². The molecule has 19 heavy (non-hydrogen) atoms. The van der Waals surface area contributed by atoms with Gasteiger partial charge in [-0.3, -0.25) is 4.79 Å². The largest absolute Gasteiger partial charge is 0.463 e. The van der Waals surface area contributed by atoms with Crippen molar-refractivity contribution >= 4 is 17.7 Å². The zero-order valence-electron chi connectivity index (χ0n) is 11.4. The smallest absolute Gasteiger partial charge is 0.376 e. The summed E-state index contributed by atoms with van der Waals surface area (Å²) < 4.78 is 4.56. The fraction of sp³-hybridized carbons (Fsp3) is 0.500. The van der Waals surface area contributed by atoms with Crippen molar-refractivity contribution in [3.8, 4) is 0 Å². The third-order valence-corrected chi connectivity index (χ3v) is 2.50. The zero-order valence-corrected chi connectivity index (χ0v) is 11.4. The van der Waals surface area contributed by atoms with Gasteiger partial charge in [-0.15, -0.1) is 0 Å². The Balaban J connectivity index is 3.04. The van der Waals surface area contributed by atoms with Gasteiger partial charge in [-0.1, -0.05) is 13.8 Å². The van der Waals surface area contributed by atoms with Crippen LogP contribution in [-0.2, 0) is 9.53 Å². The van der Waals surface area contributed by atoms with Gasteiger partial charge >= 0.3 is 5.97 Å².